The van der Waals surface area contributed by atoms with Gasteiger partial charge in [0.25, 0.3) is 0 Å². The van der Waals surface area contributed by atoms with E-state index in [1.54, 1.807) is 0 Å². The van der Waals surface area contributed by atoms with E-state index in [-0.39, 0.29) is 0 Å². The van der Waals surface area contributed by atoms with Crippen LogP contribution in [0.25, 0.3) is 86.3 Å². The monoisotopic (exact) mass is 719 g/mol. The van der Waals surface area contributed by atoms with E-state index in [1.807, 2.05) is 23.5 Å². The molecule has 0 N–H and O–H groups in total. The Kier molecular flexibility index (Phi) is 7.39. The number of thiophene rings is 1. The molecular weight excluding hydrogens is 687 g/mol. The number of anilines is 3. The lowest BCUT2D eigenvalue weighted by molar-refractivity contribution is 0.669. The summed E-state index contributed by atoms with van der Waals surface area (Å²) in [5.74, 6) is 0. The minimum Gasteiger partial charge on any atom is -0.456 e. The van der Waals surface area contributed by atoms with Gasteiger partial charge in [-0.15, -0.1) is 11.3 Å². The third-order valence-electron chi connectivity index (χ3n) is 10.9. The minimum atomic E-state index is 0.905. The van der Waals surface area contributed by atoms with Crippen LogP contribution >= 0.6 is 11.3 Å². The van der Waals surface area contributed by atoms with Crippen LogP contribution in [0.4, 0.5) is 17.1 Å². The molecule has 0 unspecified atom stereocenters. The molecule has 0 bridgehead atoms. The highest BCUT2D eigenvalue weighted by molar-refractivity contribution is 7.25. The Bertz CT molecular complexity index is 3220. The van der Waals surface area contributed by atoms with Crippen LogP contribution in [-0.2, 0) is 0 Å². The number of fused-ring (bicyclic) bond motifs is 7. The van der Waals surface area contributed by atoms with E-state index in [9.17, 15) is 0 Å². The van der Waals surface area contributed by atoms with E-state index < -0.39 is 0 Å². The lowest BCUT2D eigenvalue weighted by atomic mass is 9.95. The van der Waals surface area contributed by atoms with Gasteiger partial charge < -0.3 is 9.32 Å². The summed E-state index contributed by atoms with van der Waals surface area (Å²) in [7, 11) is 0. The molecule has 0 saturated carbocycles. The molecule has 0 aliphatic rings. The Morgan fingerprint density at radius 2 is 0.964 bits per heavy atom. The lowest BCUT2D eigenvalue weighted by Crippen LogP contribution is -2.10. The van der Waals surface area contributed by atoms with Gasteiger partial charge in [0.2, 0.25) is 0 Å². The lowest BCUT2D eigenvalue weighted by Gasteiger charge is -2.26. The first-order valence-electron chi connectivity index (χ1n) is 18.7. The number of rotatable bonds is 6. The van der Waals surface area contributed by atoms with Crippen molar-refractivity contribution in [2.75, 3.05) is 4.90 Å². The van der Waals surface area contributed by atoms with Crippen molar-refractivity contribution in [1.29, 1.82) is 0 Å². The molecule has 2 heterocycles. The Hall–Kier alpha value is -6.94. The van der Waals surface area contributed by atoms with E-state index in [1.165, 1.54) is 58.8 Å². The highest BCUT2D eigenvalue weighted by atomic mass is 32.1. The van der Waals surface area contributed by atoms with Gasteiger partial charge in [-0.05, 0) is 105 Å². The van der Waals surface area contributed by atoms with Gasteiger partial charge in [0.05, 0.1) is 0 Å². The number of para-hydroxylation sites is 1. The predicted molar refractivity (Wildman–Crippen MR) is 235 cm³/mol. The highest BCUT2D eigenvalue weighted by Gasteiger charge is 2.18. The van der Waals surface area contributed by atoms with E-state index in [0.717, 1.165) is 44.6 Å². The fourth-order valence-corrected chi connectivity index (χ4v) is 9.41. The minimum absolute atomic E-state index is 0.905. The summed E-state index contributed by atoms with van der Waals surface area (Å²) < 4.78 is 8.82. The van der Waals surface area contributed by atoms with Crippen LogP contribution in [0.3, 0.4) is 0 Å². The number of hydrogen-bond donors (Lipinski definition) is 0. The maximum Gasteiger partial charge on any atom is 0.136 e. The van der Waals surface area contributed by atoms with E-state index in [0.29, 0.717) is 0 Å². The number of furan rings is 1. The van der Waals surface area contributed by atoms with Crippen molar-refractivity contribution >= 4 is 81.3 Å². The number of nitrogens with zero attached hydrogens (tertiary/aromatic N) is 1. The Balaban J connectivity index is 1.04. The third kappa shape index (κ3) is 5.40. The van der Waals surface area contributed by atoms with Gasteiger partial charge >= 0.3 is 0 Å². The summed E-state index contributed by atoms with van der Waals surface area (Å²) >= 11 is 1.85. The van der Waals surface area contributed by atoms with Crippen molar-refractivity contribution in [3.63, 3.8) is 0 Å². The summed E-state index contributed by atoms with van der Waals surface area (Å²) in [4.78, 5) is 2.39. The zero-order valence-corrected chi connectivity index (χ0v) is 30.6. The van der Waals surface area contributed by atoms with Crippen LogP contribution < -0.4 is 4.90 Å². The number of hydrogen-bond acceptors (Lipinski definition) is 3. The SMILES string of the molecule is c1cc(-c2cccc(N(c3ccc(-c4cccc5oc6ccccc6c45)cc3)c3ccc4c(c3)sc3ccccc34)c2)cc(-c2cccc3ccccc23)c1. The van der Waals surface area contributed by atoms with Crippen LogP contribution in [0.1, 0.15) is 0 Å². The molecule has 3 heteroatoms. The van der Waals surface area contributed by atoms with Gasteiger partial charge in [0.1, 0.15) is 11.2 Å². The average molecular weight is 720 g/mol. The molecule has 11 aromatic rings. The maximum atomic E-state index is 6.24. The summed E-state index contributed by atoms with van der Waals surface area (Å²) in [6, 6.07) is 72.3. The third-order valence-corrected chi connectivity index (χ3v) is 12.0. The zero-order valence-electron chi connectivity index (χ0n) is 29.8. The molecule has 11 rings (SSSR count). The molecule has 2 nitrogen and oxygen atoms in total. The molecule has 0 aliphatic carbocycles. The van der Waals surface area contributed by atoms with Crippen molar-refractivity contribution in [3.8, 4) is 33.4 Å². The molecule has 55 heavy (non-hydrogen) atoms. The van der Waals surface area contributed by atoms with Crippen LogP contribution in [0.2, 0.25) is 0 Å². The predicted octanol–water partition coefficient (Wildman–Crippen LogP) is 15.6. The molecule has 2 aromatic heterocycles. The largest absolute Gasteiger partial charge is 0.456 e. The summed E-state index contributed by atoms with van der Waals surface area (Å²) in [6.07, 6.45) is 0. The van der Waals surface area contributed by atoms with Crippen LogP contribution in [0, 0.1) is 0 Å². The molecule has 0 aliphatic heterocycles. The first kappa shape index (κ1) is 31.6. The van der Waals surface area contributed by atoms with Gasteiger partial charge in [-0.2, -0.15) is 0 Å². The molecule has 0 radical (unpaired) electrons. The Morgan fingerprint density at radius 3 is 1.87 bits per heavy atom. The smallest absolute Gasteiger partial charge is 0.136 e. The van der Waals surface area contributed by atoms with E-state index in [4.69, 9.17) is 4.42 Å². The van der Waals surface area contributed by atoms with Gasteiger partial charge in [-0.25, -0.2) is 0 Å². The van der Waals surface area contributed by atoms with Gasteiger partial charge in [0, 0.05) is 48.0 Å². The van der Waals surface area contributed by atoms with Crippen LogP contribution in [0.5, 0.6) is 0 Å². The van der Waals surface area contributed by atoms with E-state index in [2.05, 4.69) is 193 Å². The topological polar surface area (TPSA) is 16.4 Å². The fraction of sp³-hybridized carbons (Fsp3) is 0. The van der Waals surface area contributed by atoms with E-state index >= 15 is 0 Å². The van der Waals surface area contributed by atoms with Gasteiger partial charge in [-0.1, -0.05) is 140 Å². The molecule has 0 fully saturated rings. The molecule has 0 spiro atoms. The highest BCUT2D eigenvalue weighted by Crippen LogP contribution is 2.43. The second-order valence-corrected chi connectivity index (χ2v) is 15.2. The quantitative estimate of drug-likeness (QED) is 0.170. The molecule has 0 atom stereocenters. The Labute approximate surface area is 322 Å². The average Bonchev–Trinajstić information content (AvgIpc) is 3.82. The van der Waals surface area contributed by atoms with Crippen molar-refractivity contribution < 1.29 is 4.42 Å². The maximum absolute atomic E-state index is 6.24. The Morgan fingerprint density at radius 1 is 0.345 bits per heavy atom. The van der Waals surface area contributed by atoms with Crippen molar-refractivity contribution in [2.24, 2.45) is 0 Å². The van der Waals surface area contributed by atoms with Gasteiger partial charge in [0.15, 0.2) is 0 Å². The van der Waals surface area contributed by atoms with Crippen molar-refractivity contribution in [2.45, 2.75) is 0 Å². The molecule has 0 amide bonds. The molecule has 9 aromatic carbocycles. The normalized spacial score (nSPS) is 11.6. The summed E-state index contributed by atoms with van der Waals surface area (Å²) in [6.45, 7) is 0. The molecular formula is C52H33NOS. The second kappa shape index (κ2) is 12.9. The van der Waals surface area contributed by atoms with Crippen LogP contribution in [-0.4, -0.2) is 0 Å². The standard InChI is InChI=1S/C52H33NOS/c1-2-17-42-34(11-1)12-9-20-43(42)38-15-7-13-36(31-38)37-14-8-16-40(32-37)53(41-29-30-46-45-18-4-6-24-50(45)55-51(46)33-41)39-27-25-35(26-28-39)44-21-10-23-49-52(44)47-19-3-5-22-48(47)54-49/h1-33H. The van der Waals surface area contributed by atoms with Crippen LogP contribution in [0.15, 0.2) is 205 Å². The number of benzene rings is 9. The first-order valence-corrected chi connectivity index (χ1v) is 19.5. The second-order valence-electron chi connectivity index (χ2n) is 14.1. The zero-order chi connectivity index (χ0) is 36.3. The van der Waals surface area contributed by atoms with Crippen molar-refractivity contribution in [1.82, 2.24) is 0 Å². The van der Waals surface area contributed by atoms with Gasteiger partial charge in [-0.3, -0.25) is 0 Å². The van der Waals surface area contributed by atoms with Crippen molar-refractivity contribution in [3.05, 3.63) is 200 Å². The molecule has 258 valence electrons. The summed E-state index contributed by atoms with van der Waals surface area (Å²) in [5, 5.41) is 7.39. The fourth-order valence-electron chi connectivity index (χ4n) is 8.27. The summed E-state index contributed by atoms with van der Waals surface area (Å²) in [5.41, 5.74) is 12.3. The molecule has 0 saturated heterocycles. The first-order chi connectivity index (χ1) is 27.2.